The molecule has 0 saturated carbocycles. The average Bonchev–Trinajstić information content (AvgIpc) is 3.42. The van der Waals surface area contributed by atoms with Crippen molar-refractivity contribution in [3.05, 3.63) is 159 Å². The molecule has 9 heteroatoms. The van der Waals surface area contributed by atoms with E-state index in [1.807, 2.05) is 49.4 Å². The van der Waals surface area contributed by atoms with E-state index in [1.54, 1.807) is 85.8 Å². The molecule has 0 aliphatic carbocycles. The van der Waals surface area contributed by atoms with Crippen LogP contribution in [0.25, 0.3) is 22.2 Å². The van der Waals surface area contributed by atoms with Gasteiger partial charge in [0.25, 0.3) is 11.8 Å². The number of fused-ring (bicyclic) bond motifs is 2. The van der Waals surface area contributed by atoms with E-state index in [0.717, 1.165) is 20.5 Å². The normalized spacial score (nSPS) is 12.9. The van der Waals surface area contributed by atoms with Crippen LogP contribution in [-0.4, -0.2) is 34.7 Å². The van der Waals surface area contributed by atoms with Crippen molar-refractivity contribution in [3.63, 3.8) is 0 Å². The van der Waals surface area contributed by atoms with Crippen LogP contribution in [0, 0.1) is 0 Å². The lowest BCUT2D eigenvalue weighted by Crippen LogP contribution is -2.29. The number of hydrogen-bond acceptors (Lipinski definition) is 7. The minimum atomic E-state index is -1.07. The van der Waals surface area contributed by atoms with Gasteiger partial charge >= 0.3 is 5.97 Å². The second-order valence-corrected chi connectivity index (χ2v) is 13.0. The molecule has 1 atom stereocenters. The maximum atomic E-state index is 13.9. The molecule has 5 aromatic carbocycles. The topological polar surface area (TPSA) is 103 Å². The zero-order chi connectivity index (χ0) is 35.6. The third-order valence-corrected chi connectivity index (χ3v) is 9.27. The second-order valence-electron chi connectivity index (χ2n) is 12.1. The number of halogens is 1. The monoisotopic (exact) mass is 738 g/mol. The Hall–Kier alpha value is -5.93. The third-order valence-electron chi connectivity index (χ3n) is 8.81. The molecule has 1 aliphatic rings. The highest BCUT2D eigenvalue weighted by atomic mass is 79.9. The third kappa shape index (κ3) is 6.68. The van der Waals surface area contributed by atoms with Crippen LogP contribution in [-0.2, 0) is 17.8 Å². The number of carbonyl (C=O) groups is 4. The Morgan fingerprint density at radius 1 is 0.804 bits per heavy atom. The molecule has 0 bridgehead atoms. The first-order chi connectivity index (χ1) is 24.7. The lowest BCUT2D eigenvalue weighted by molar-refractivity contribution is 0.0320. The molecule has 2 amide bonds. The number of ether oxygens (including phenoxy) is 2. The zero-order valence-electron chi connectivity index (χ0n) is 27.8. The molecular weight excluding hydrogens is 708 g/mol. The number of hydrogen-bond donors (Lipinski definition) is 0. The summed E-state index contributed by atoms with van der Waals surface area (Å²) in [6.07, 6.45) is -0.420. The Morgan fingerprint density at radius 2 is 1.45 bits per heavy atom. The number of nitrogens with zero attached hydrogens (tertiary/aromatic N) is 2. The standard InChI is InChI=1S/C42H31BrN2O6/c1-3-27-21-30(43)22-35-36(42(49)51-25(2)39(46)29-15-19-32(20-16-29)50-24-26-9-5-4-6-10-26)23-37(44-38(27)35)28-13-17-31(18-14-28)45-40(47)33-11-7-8-12-34(33)41(45)48/h4-23,25H,3,24H2,1-2H3. The van der Waals surface area contributed by atoms with Gasteiger partial charge in [-0.1, -0.05) is 77.5 Å². The highest BCUT2D eigenvalue weighted by molar-refractivity contribution is 9.10. The van der Waals surface area contributed by atoms with Gasteiger partial charge in [0, 0.05) is 21.0 Å². The van der Waals surface area contributed by atoms with Crippen LogP contribution in [0.15, 0.2) is 126 Å². The molecule has 7 rings (SSSR count). The smallest absolute Gasteiger partial charge is 0.339 e. The van der Waals surface area contributed by atoms with Crippen LogP contribution >= 0.6 is 15.9 Å². The first kappa shape index (κ1) is 33.6. The van der Waals surface area contributed by atoms with Gasteiger partial charge in [-0.05, 0) is 91.2 Å². The number of rotatable bonds is 10. The summed E-state index contributed by atoms with van der Waals surface area (Å²) in [5.74, 6) is -1.17. The quantitative estimate of drug-likeness (QED) is 0.0785. The Bertz CT molecular complexity index is 2290. The van der Waals surface area contributed by atoms with Gasteiger partial charge in [-0.25, -0.2) is 14.7 Å². The minimum absolute atomic E-state index is 0.250. The number of aromatic nitrogens is 1. The second kappa shape index (κ2) is 14.1. The van der Waals surface area contributed by atoms with Gasteiger partial charge in [0.1, 0.15) is 12.4 Å². The van der Waals surface area contributed by atoms with Crippen molar-refractivity contribution in [2.75, 3.05) is 4.90 Å². The molecular formula is C42H31BrN2O6. The number of imide groups is 1. The van der Waals surface area contributed by atoms with Gasteiger partial charge in [-0.15, -0.1) is 0 Å². The van der Waals surface area contributed by atoms with Gasteiger partial charge in [0.05, 0.1) is 33.6 Å². The molecule has 6 aromatic rings. The number of amides is 2. The van der Waals surface area contributed by atoms with Crippen LogP contribution in [0.4, 0.5) is 5.69 Å². The van der Waals surface area contributed by atoms with Crippen molar-refractivity contribution < 1.29 is 28.7 Å². The van der Waals surface area contributed by atoms with E-state index in [9.17, 15) is 19.2 Å². The number of benzene rings is 5. The zero-order valence-corrected chi connectivity index (χ0v) is 29.3. The summed E-state index contributed by atoms with van der Waals surface area (Å²) in [4.78, 5) is 59.4. The Balaban J connectivity index is 1.14. The van der Waals surface area contributed by atoms with E-state index in [1.165, 1.54) is 0 Å². The first-order valence-corrected chi connectivity index (χ1v) is 17.2. The van der Waals surface area contributed by atoms with Crippen LogP contribution < -0.4 is 9.64 Å². The predicted molar refractivity (Wildman–Crippen MR) is 198 cm³/mol. The van der Waals surface area contributed by atoms with E-state index in [0.29, 0.717) is 63.3 Å². The Kier molecular flexibility index (Phi) is 9.30. The summed E-state index contributed by atoms with van der Waals surface area (Å²) in [5, 5.41) is 0.581. The summed E-state index contributed by atoms with van der Waals surface area (Å²) >= 11 is 3.56. The number of Topliss-reactive ketones (excluding diaryl/α,β-unsaturated/α-hetero) is 1. The van der Waals surface area contributed by atoms with Crippen molar-refractivity contribution in [2.24, 2.45) is 0 Å². The van der Waals surface area contributed by atoms with Gasteiger partial charge < -0.3 is 9.47 Å². The fourth-order valence-corrected chi connectivity index (χ4v) is 6.63. The maximum Gasteiger partial charge on any atom is 0.339 e. The molecule has 51 heavy (non-hydrogen) atoms. The van der Waals surface area contributed by atoms with E-state index < -0.39 is 12.1 Å². The SMILES string of the molecule is CCc1cc(Br)cc2c(C(=O)OC(C)C(=O)c3ccc(OCc4ccccc4)cc3)cc(-c3ccc(N4C(=O)c5ccccc5C4=O)cc3)nc12. The molecule has 8 nitrogen and oxygen atoms in total. The minimum Gasteiger partial charge on any atom is -0.489 e. The Morgan fingerprint density at radius 3 is 2.10 bits per heavy atom. The summed E-state index contributed by atoms with van der Waals surface area (Å²) in [7, 11) is 0. The molecule has 0 fully saturated rings. The van der Waals surface area contributed by atoms with E-state index in [4.69, 9.17) is 14.5 Å². The summed E-state index contributed by atoms with van der Waals surface area (Å²) in [5.41, 5.74) is 5.50. The largest absolute Gasteiger partial charge is 0.489 e. The molecule has 0 saturated heterocycles. The summed E-state index contributed by atoms with van der Waals surface area (Å²) in [6.45, 7) is 3.95. The molecule has 1 aliphatic heterocycles. The van der Waals surface area contributed by atoms with E-state index in [2.05, 4.69) is 15.9 Å². The molecule has 252 valence electrons. The molecule has 2 heterocycles. The number of ketones is 1. The van der Waals surface area contributed by atoms with Crippen molar-refractivity contribution in [1.29, 1.82) is 0 Å². The van der Waals surface area contributed by atoms with Crippen molar-refractivity contribution in [1.82, 2.24) is 4.98 Å². The molecule has 0 N–H and O–H groups in total. The van der Waals surface area contributed by atoms with Gasteiger partial charge in [0.2, 0.25) is 5.78 Å². The molecule has 0 radical (unpaired) electrons. The average molecular weight is 740 g/mol. The summed E-state index contributed by atoms with van der Waals surface area (Å²) < 4.78 is 12.4. The Labute approximate surface area is 302 Å². The van der Waals surface area contributed by atoms with Crippen molar-refractivity contribution in [2.45, 2.75) is 33.0 Å². The van der Waals surface area contributed by atoms with Crippen LogP contribution in [0.2, 0.25) is 0 Å². The van der Waals surface area contributed by atoms with Gasteiger partial charge in [-0.3, -0.25) is 14.4 Å². The lowest BCUT2D eigenvalue weighted by atomic mass is 10.00. The first-order valence-electron chi connectivity index (χ1n) is 16.4. The van der Waals surface area contributed by atoms with Crippen molar-refractivity contribution in [3.8, 4) is 17.0 Å². The number of pyridine rings is 1. The fraction of sp³-hybridized carbons (Fsp3) is 0.119. The predicted octanol–water partition coefficient (Wildman–Crippen LogP) is 9.03. The fourth-order valence-electron chi connectivity index (χ4n) is 6.12. The van der Waals surface area contributed by atoms with E-state index >= 15 is 0 Å². The van der Waals surface area contributed by atoms with Gasteiger partial charge in [0.15, 0.2) is 6.10 Å². The highest BCUT2D eigenvalue weighted by Crippen LogP contribution is 2.33. The van der Waals surface area contributed by atoms with Gasteiger partial charge in [-0.2, -0.15) is 0 Å². The number of carbonyl (C=O) groups excluding carboxylic acids is 4. The van der Waals surface area contributed by atoms with Crippen molar-refractivity contribution >= 4 is 56.1 Å². The number of esters is 1. The highest BCUT2D eigenvalue weighted by Gasteiger charge is 2.36. The van der Waals surface area contributed by atoms with Crippen LogP contribution in [0.3, 0.4) is 0 Å². The molecule has 1 unspecified atom stereocenters. The lowest BCUT2D eigenvalue weighted by Gasteiger charge is -2.17. The van der Waals surface area contributed by atoms with Crippen LogP contribution in [0.5, 0.6) is 5.75 Å². The summed E-state index contributed by atoms with van der Waals surface area (Å²) in [6, 6.07) is 35.6. The number of anilines is 1. The maximum absolute atomic E-state index is 13.9. The van der Waals surface area contributed by atoms with E-state index in [-0.39, 0.29) is 23.2 Å². The number of aryl methyl sites for hydroxylation is 1. The van der Waals surface area contributed by atoms with Crippen LogP contribution in [0.1, 0.15) is 66.4 Å². The molecule has 0 spiro atoms. The molecule has 1 aromatic heterocycles.